The van der Waals surface area contributed by atoms with E-state index < -0.39 is 0 Å². The Morgan fingerprint density at radius 2 is 2.38 bits per heavy atom. The van der Waals surface area contributed by atoms with E-state index in [1.807, 2.05) is 6.92 Å². The Kier molecular flexibility index (Phi) is 4.95. The van der Waals surface area contributed by atoms with Crippen molar-refractivity contribution in [3.63, 3.8) is 0 Å². The minimum absolute atomic E-state index is 0.356. The average Bonchev–Trinajstić information content (AvgIpc) is 1.83. The van der Waals surface area contributed by atoms with Gasteiger partial charge < -0.3 is 4.74 Å². The zero-order valence-electron chi connectivity index (χ0n) is 5.48. The van der Waals surface area contributed by atoms with Gasteiger partial charge in [0.2, 0.25) is 0 Å². The van der Waals surface area contributed by atoms with Crippen molar-refractivity contribution in [3.8, 4) is 0 Å². The summed E-state index contributed by atoms with van der Waals surface area (Å²) in [4.78, 5) is 0. The van der Waals surface area contributed by atoms with Crippen LogP contribution >= 0.6 is 0 Å². The molecule has 0 radical (unpaired) electrons. The monoisotopic (exact) mass is 118 g/mol. The van der Waals surface area contributed by atoms with Crippen molar-refractivity contribution in [1.82, 2.24) is 5.43 Å². The first kappa shape index (κ1) is 7.88. The lowest BCUT2D eigenvalue weighted by Crippen LogP contribution is -2.33. The van der Waals surface area contributed by atoms with E-state index >= 15 is 0 Å². The molecule has 0 bridgehead atoms. The Bertz CT molecular complexity index is 49.7. The first-order valence-corrected chi connectivity index (χ1v) is 2.76. The summed E-state index contributed by atoms with van der Waals surface area (Å²) in [6.45, 7) is 2.78. The van der Waals surface area contributed by atoms with Crippen molar-refractivity contribution in [2.75, 3.05) is 13.7 Å². The van der Waals surface area contributed by atoms with E-state index in [0.29, 0.717) is 6.04 Å². The van der Waals surface area contributed by atoms with Gasteiger partial charge in [0.05, 0.1) is 0 Å². The summed E-state index contributed by atoms with van der Waals surface area (Å²) in [5.74, 6) is 5.11. The summed E-state index contributed by atoms with van der Waals surface area (Å²) in [6.07, 6.45) is 0.965. The summed E-state index contributed by atoms with van der Waals surface area (Å²) in [5, 5.41) is 0. The maximum Gasteiger partial charge on any atom is 0.0477 e. The lowest BCUT2D eigenvalue weighted by Gasteiger charge is -2.06. The van der Waals surface area contributed by atoms with E-state index in [0.717, 1.165) is 13.0 Å². The van der Waals surface area contributed by atoms with Crippen LogP contribution in [0.1, 0.15) is 13.3 Å². The molecule has 0 saturated heterocycles. The zero-order valence-corrected chi connectivity index (χ0v) is 5.48. The van der Waals surface area contributed by atoms with Gasteiger partial charge in [0, 0.05) is 19.8 Å². The van der Waals surface area contributed by atoms with Gasteiger partial charge in [-0.15, -0.1) is 0 Å². The number of hydrogen-bond donors (Lipinski definition) is 2. The highest BCUT2D eigenvalue weighted by Crippen LogP contribution is 1.86. The molecule has 0 aliphatic carbocycles. The number of nitrogens with one attached hydrogen (secondary N) is 1. The number of methoxy groups -OCH3 is 1. The van der Waals surface area contributed by atoms with Gasteiger partial charge in [0.25, 0.3) is 0 Å². The van der Waals surface area contributed by atoms with Gasteiger partial charge in [-0.2, -0.15) is 0 Å². The average molecular weight is 118 g/mol. The van der Waals surface area contributed by atoms with Gasteiger partial charge in [-0.1, -0.05) is 0 Å². The predicted octanol–water partition coefficient (Wildman–Crippen LogP) is -0.125. The van der Waals surface area contributed by atoms with Crippen LogP contribution in [-0.2, 0) is 4.74 Å². The number of rotatable bonds is 4. The van der Waals surface area contributed by atoms with E-state index in [1.54, 1.807) is 7.11 Å². The van der Waals surface area contributed by atoms with Crippen molar-refractivity contribution in [3.05, 3.63) is 0 Å². The Morgan fingerprint density at radius 3 is 2.75 bits per heavy atom. The second-order valence-electron chi connectivity index (χ2n) is 1.85. The third-order valence-electron chi connectivity index (χ3n) is 1.04. The summed E-state index contributed by atoms with van der Waals surface area (Å²) in [5.41, 5.74) is 2.62. The van der Waals surface area contributed by atoms with Crippen LogP contribution in [-0.4, -0.2) is 19.8 Å². The molecule has 3 nitrogen and oxygen atoms in total. The van der Waals surface area contributed by atoms with E-state index in [4.69, 9.17) is 10.6 Å². The van der Waals surface area contributed by atoms with Crippen molar-refractivity contribution in [2.45, 2.75) is 19.4 Å². The minimum atomic E-state index is 0.356. The fourth-order valence-electron chi connectivity index (χ4n) is 0.378. The lowest BCUT2D eigenvalue weighted by atomic mass is 10.3. The molecular weight excluding hydrogens is 104 g/mol. The molecule has 0 aliphatic rings. The van der Waals surface area contributed by atoms with Gasteiger partial charge in [-0.3, -0.25) is 11.3 Å². The summed E-state index contributed by atoms with van der Waals surface area (Å²) < 4.78 is 4.82. The predicted molar refractivity (Wildman–Crippen MR) is 33.3 cm³/mol. The van der Waals surface area contributed by atoms with Crippen LogP contribution in [0.25, 0.3) is 0 Å². The van der Waals surface area contributed by atoms with Crippen LogP contribution in [0.3, 0.4) is 0 Å². The molecular formula is C5H14N2O. The number of nitrogens with two attached hydrogens (primary N) is 1. The van der Waals surface area contributed by atoms with Gasteiger partial charge in [0.15, 0.2) is 0 Å². The molecule has 0 heterocycles. The molecule has 0 aliphatic heterocycles. The molecule has 0 aromatic rings. The van der Waals surface area contributed by atoms with Crippen LogP contribution < -0.4 is 11.3 Å². The summed E-state index contributed by atoms with van der Waals surface area (Å²) in [7, 11) is 1.68. The van der Waals surface area contributed by atoms with E-state index in [9.17, 15) is 0 Å². The van der Waals surface area contributed by atoms with Gasteiger partial charge in [-0.25, -0.2) is 0 Å². The highest BCUT2D eigenvalue weighted by atomic mass is 16.5. The number of hydrogen-bond acceptors (Lipinski definition) is 3. The molecule has 0 aromatic heterocycles. The molecule has 3 N–H and O–H groups in total. The maximum absolute atomic E-state index is 5.11. The first-order valence-electron chi connectivity index (χ1n) is 2.76. The van der Waals surface area contributed by atoms with Crippen molar-refractivity contribution in [2.24, 2.45) is 5.84 Å². The van der Waals surface area contributed by atoms with Crippen LogP contribution in [0.15, 0.2) is 0 Å². The lowest BCUT2D eigenvalue weighted by molar-refractivity contribution is 0.185. The molecule has 0 amide bonds. The molecule has 0 fully saturated rings. The minimum Gasteiger partial charge on any atom is -0.385 e. The Hall–Kier alpha value is -0.120. The van der Waals surface area contributed by atoms with E-state index in [-0.39, 0.29) is 0 Å². The van der Waals surface area contributed by atoms with Gasteiger partial charge in [-0.05, 0) is 13.3 Å². The molecule has 0 spiro atoms. The van der Waals surface area contributed by atoms with E-state index in [1.165, 1.54) is 0 Å². The Labute approximate surface area is 50.2 Å². The van der Waals surface area contributed by atoms with Gasteiger partial charge >= 0.3 is 0 Å². The highest BCUT2D eigenvalue weighted by Gasteiger charge is 1.94. The van der Waals surface area contributed by atoms with Crippen LogP contribution in [0.4, 0.5) is 0 Å². The molecule has 8 heavy (non-hydrogen) atoms. The molecule has 0 saturated carbocycles. The molecule has 1 unspecified atom stereocenters. The second-order valence-corrected chi connectivity index (χ2v) is 1.85. The topological polar surface area (TPSA) is 47.3 Å². The quantitative estimate of drug-likeness (QED) is 0.399. The highest BCUT2D eigenvalue weighted by molar-refractivity contribution is 4.52. The van der Waals surface area contributed by atoms with Crippen LogP contribution in [0.5, 0.6) is 0 Å². The Morgan fingerprint density at radius 1 is 1.75 bits per heavy atom. The van der Waals surface area contributed by atoms with E-state index in [2.05, 4.69) is 5.43 Å². The molecule has 50 valence electrons. The molecule has 3 heteroatoms. The Balaban J connectivity index is 2.86. The third-order valence-corrected chi connectivity index (χ3v) is 1.04. The van der Waals surface area contributed by atoms with Crippen molar-refractivity contribution in [1.29, 1.82) is 0 Å². The summed E-state index contributed by atoms with van der Waals surface area (Å²) in [6, 6.07) is 0.356. The van der Waals surface area contributed by atoms with Crippen LogP contribution in [0.2, 0.25) is 0 Å². The molecule has 1 atom stereocenters. The summed E-state index contributed by atoms with van der Waals surface area (Å²) >= 11 is 0. The SMILES string of the molecule is COCCC(C)NN. The van der Waals surface area contributed by atoms with Gasteiger partial charge in [0.1, 0.15) is 0 Å². The number of ether oxygens (including phenoxy) is 1. The van der Waals surface area contributed by atoms with Crippen molar-refractivity contribution >= 4 is 0 Å². The fraction of sp³-hybridized carbons (Fsp3) is 1.00. The fourth-order valence-corrected chi connectivity index (χ4v) is 0.378. The maximum atomic E-state index is 5.11. The largest absolute Gasteiger partial charge is 0.385 e. The second kappa shape index (κ2) is 5.03. The molecule has 0 rings (SSSR count). The standard InChI is InChI=1S/C5H14N2O/c1-5(7-6)3-4-8-2/h5,7H,3-4,6H2,1-2H3. The van der Waals surface area contributed by atoms with Crippen LogP contribution in [0, 0.1) is 0 Å². The zero-order chi connectivity index (χ0) is 6.41. The molecule has 0 aromatic carbocycles. The van der Waals surface area contributed by atoms with Crippen molar-refractivity contribution < 1.29 is 4.74 Å². The third kappa shape index (κ3) is 4.05. The number of hydrazine groups is 1. The normalized spacial score (nSPS) is 13.9. The smallest absolute Gasteiger partial charge is 0.0477 e. The first-order chi connectivity index (χ1) is 3.81.